The lowest BCUT2D eigenvalue weighted by atomic mass is 10.00. The molecule has 1 aliphatic carbocycles. The predicted molar refractivity (Wildman–Crippen MR) is 121 cm³/mol. The number of amides is 2. The number of rotatable bonds is 3. The molecule has 170 valence electrons. The number of aromatic amines is 1. The number of nitrogens with one attached hydrogen (secondary N) is 1. The first-order valence-electron chi connectivity index (χ1n) is 11.6. The number of likely N-dealkylation sites (tertiary alicyclic amines) is 1. The summed E-state index contributed by atoms with van der Waals surface area (Å²) >= 11 is 0. The van der Waals surface area contributed by atoms with Crippen molar-refractivity contribution in [2.24, 2.45) is 5.92 Å². The van der Waals surface area contributed by atoms with Crippen molar-refractivity contribution in [3.05, 3.63) is 65.4 Å². The minimum atomic E-state index is -0.439. The van der Waals surface area contributed by atoms with Crippen molar-refractivity contribution < 1.29 is 14.1 Å². The fourth-order valence-electron chi connectivity index (χ4n) is 5.52. The van der Waals surface area contributed by atoms with E-state index in [1.54, 1.807) is 18.2 Å². The summed E-state index contributed by atoms with van der Waals surface area (Å²) in [5, 5.41) is 15.0. The summed E-state index contributed by atoms with van der Waals surface area (Å²) in [5.74, 6) is 1.02. The number of fused-ring (bicyclic) bond motifs is 3. The van der Waals surface area contributed by atoms with Gasteiger partial charge in [0.15, 0.2) is 5.76 Å². The molecular weight excluding hydrogens is 432 g/mol. The van der Waals surface area contributed by atoms with Gasteiger partial charge in [0.1, 0.15) is 17.1 Å². The highest BCUT2D eigenvalue weighted by Crippen LogP contribution is 2.49. The normalized spacial score (nSPS) is 23.1. The van der Waals surface area contributed by atoms with Crippen LogP contribution in [-0.4, -0.2) is 60.8 Å². The largest absolute Gasteiger partial charge is 0.356 e. The van der Waals surface area contributed by atoms with Gasteiger partial charge in [-0.25, -0.2) is 0 Å². The third-order valence-electron chi connectivity index (χ3n) is 7.37. The molecule has 9 heteroatoms. The summed E-state index contributed by atoms with van der Waals surface area (Å²) in [6.07, 6.45) is 2.34. The molecule has 4 heterocycles. The predicted octanol–water partition coefficient (Wildman–Crippen LogP) is 2.80. The smallest absolute Gasteiger partial charge is 0.254 e. The van der Waals surface area contributed by atoms with Crippen molar-refractivity contribution in [1.29, 1.82) is 0 Å². The maximum absolute atomic E-state index is 13.7. The quantitative estimate of drug-likeness (QED) is 0.510. The zero-order valence-corrected chi connectivity index (χ0v) is 18.3. The summed E-state index contributed by atoms with van der Waals surface area (Å²) in [5.41, 5.74) is 4.71. The Bertz CT molecular complexity index is 1430. The molecule has 0 bridgehead atoms. The van der Waals surface area contributed by atoms with E-state index in [2.05, 4.69) is 20.6 Å². The van der Waals surface area contributed by atoms with Crippen LogP contribution in [0.2, 0.25) is 0 Å². The first-order valence-corrected chi connectivity index (χ1v) is 11.6. The van der Waals surface area contributed by atoms with Gasteiger partial charge >= 0.3 is 0 Å². The second-order valence-corrected chi connectivity index (χ2v) is 9.37. The van der Waals surface area contributed by atoms with Crippen LogP contribution in [-0.2, 0) is 17.8 Å². The Labute approximate surface area is 194 Å². The molecule has 0 unspecified atom stereocenters. The van der Waals surface area contributed by atoms with Gasteiger partial charge in [-0.05, 0) is 37.0 Å². The zero-order valence-electron chi connectivity index (χ0n) is 18.3. The van der Waals surface area contributed by atoms with Gasteiger partial charge < -0.3 is 14.3 Å². The third kappa shape index (κ3) is 2.96. The van der Waals surface area contributed by atoms with Crippen LogP contribution in [0.5, 0.6) is 0 Å². The van der Waals surface area contributed by atoms with Gasteiger partial charge in [-0.15, -0.1) is 0 Å². The average molecular weight is 454 g/mol. The molecule has 3 aliphatic rings. The molecule has 7 rings (SSSR count). The first-order chi connectivity index (χ1) is 16.7. The van der Waals surface area contributed by atoms with Gasteiger partial charge in [-0.3, -0.25) is 9.59 Å². The number of piperidine rings is 1. The molecule has 1 saturated carbocycles. The fourth-order valence-corrected chi connectivity index (χ4v) is 5.52. The third-order valence-corrected chi connectivity index (χ3v) is 7.37. The van der Waals surface area contributed by atoms with Crippen LogP contribution < -0.4 is 0 Å². The molecule has 2 aromatic carbocycles. The van der Waals surface area contributed by atoms with Crippen molar-refractivity contribution in [1.82, 2.24) is 30.4 Å². The molecule has 0 spiro atoms. The molecule has 34 heavy (non-hydrogen) atoms. The van der Waals surface area contributed by atoms with Gasteiger partial charge in [0.05, 0.1) is 12.2 Å². The molecule has 1 saturated heterocycles. The van der Waals surface area contributed by atoms with Gasteiger partial charge in [0, 0.05) is 35.7 Å². The maximum atomic E-state index is 13.7. The van der Waals surface area contributed by atoms with E-state index in [0.717, 1.165) is 35.4 Å². The van der Waals surface area contributed by atoms with E-state index in [0.29, 0.717) is 42.0 Å². The number of hydrogen-bond donors (Lipinski definition) is 1. The molecule has 0 radical (unpaired) electrons. The lowest BCUT2D eigenvalue weighted by molar-refractivity contribution is -0.136. The summed E-state index contributed by atoms with van der Waals surface area (Å²) in [6, 6.07) is 14.8. The Hall–Kier alpha value is -4.01. The zero-order chi connectivity index (χ0) is 22.8. The Morgan fingerprint density at radius 1 is 1.03 bits per heavy atom. The van der Waals surface area contributed by atoms with Gasteiger partial charge in [0.2, 0.25) is 5.91 Å². The monoisotopic (exact) mass is 454 g/mol. The Morgan fingerprint density at radius 3 is 2.76 bits per heavy atom. The second-order valence-electron chi connectivity index (χ2n) is 9.37. The number of carbonyl (C=O) groups excluding carboxylic acids is 2. The molecule has 2 amide bonds. The van der Waals surface area contributed by atoms with Gasteiger partial charge in [-0.2, -0.15) is 15.4 Å². The molecule has 2 aromatic heterocycles. The number of aromatic nitrogens is 4. The van der Waals surface area contributed by atoms with E-state index in [9.17, 15) is 9.59 Å². The Kier molecular flexibility index (Phi) is 4.15. The fraction of sp³-hybridized carbons (Fsp3) is 0.320. The molecule has 2 fully saturated rings. The summed E-state index contributed by atoms with van der Waals surface area (Å²) in [6.45, 7) is 1.02. The topological polar surface area (TPSA) is 108 Å². The minimum absolute atomic E-state index is 0.00826. The van der Waals surface area contributed by atoms with Crippen LogP contribution >= 0.6 is 0 Å². The van der Waals surface area contributed by atoms with E-state index in [1.165, 1.54) is 0 Å². The van der Waals surface area contributed by atoms with Crippen molar-refractivity contribution in [3.8, 4) is 11.3 Å². The second kappa shape index (κ2) is 7.24. The van der Waals surface area contributed by atoms with Crippen LogP contribution in [0, 0.1) is 5.92 Å². The highest BCUT2D eigenvalue weighted by Gasteiger charge is 2.57. The van der Waals surface area contributed by atoms with E-state index in [4.69, 9.17) is 4.52 Å². The van der Waals surface area contributed by atoms with Crippen LogP contribution in [0.25, 0.3) is 22.4 Å². The van der Waals surface area contributed by atoms with Gasteiger partial charge in [-0.1, -0.05) is 35.5 Å². The van der Waals surface area contributed by atoms with E-state index in [-0.39, 0.29) is 17.9 Å². The lowest BCUT2D eigenvalue weighted by Gasteiger charge is -2.33. The molecule has 9 nitrogen and oxygen atoms in total. The van der Waals surface area contributed by atoms with Crippen LogP contribution in [0.4, 0.5) is 0 Å². The number of carbonyl (C=O) groups is 2. The molecule has 1 N–H and O–H groups in total. The number of hydrogen-bond acceptors (Lipinski definition) is 6. The highest BCUT2D eigenvalue weighted by molar-refractivity contribution is 6.00. The van der Waals surface area contributed by atoms with Crippen molar-refractivity contribution in [2.75, 3.05) is 6.54 Å². The standard InChI is InChI=1S/C25H22N6O3/c32-24(15-6-7-19-20(10-15)27-29-26-19)31-21-11-16(21)12-22(31)25(33)30-9-8-18-17(13-30)23(34-28-18)14-4-2-1-3-5-14/h1-7,10,16,21-22H,8-9,11-13H2,(H,26,27,29)/t16-,21-,22-/m1/s1. The number of benzene rings is 2. The molecule has 4 aromatic rings. The lowest BCUT2D eigenvalue weighted by Crippen LogP contribution is -2.50. The van der Waals surface area contributed by atoms with E-state index in [1.807, 2.05) is 40.1 Å². The summed E-state index contributed by atoms with van der Waals surface area (Å²) < 4.78 is 5.66. The first kappa shape index (κ1) is 19.5. The number of nitrogens with zero attached hydrogens (tertiary/aromatic N) is 5. The summed E-state index contributed by atoms with van der Waals surface area (Å²) in [7, 11) is 0. The van der Waals surface area contributed by atoms with Crippen LogP contribution in [0.15, 0.2) is 53.1 Å². The molecule has 2 aliphatic heterocycles. The Morgan fingerprint density at radius 2 is 1.88 bits per heavy atom. The molecular formula is C25H22N6O3. The molecule has 3 atom stereocenters. The van der Waals surface area contributed by atoms with Gasteiger partial charge in [0.25, 0.3) is 5.91 Å². The minimum Gasteiger partial charge on any atom is -0.356 e. The SMILES string of the molecule is O=C([C@H]1C[C@H]2C[C@H]2N1C(=O)c1ccc2n[nH]nc2c1)N1CCc2noc(-c3ccccc3)c2C1. The maximum Gasteiger partial charge on any atom is 0.254 e. The van der Waals surface area contributed by atoms with Crippen molar-refractivity contribution in [3.63, 3.8) is 0 Å². The summed E-state index contributed by atoms with van der Waals surface area (Å²) in [4.78, 5) is 30.9. The van der Waals surface area contributed by atoms with Crippen LogP contribution in [0.3, 0.4) is 0 Å². The van der Waals surface area contributed by atoms with Crippen molar-refractivity contribution in [2.45, 2.75) is 37.9 Å². The number of H-pyrrole nitrogens is 1. The Balaban J connectivity index is 1.15. The highest BCUT2D eigenvalue weighted by atomic mass is 16.5. The van der Waals surface area contributed by atoms with Crippen LogP contribution in [0.1, 0.15) is 34.5 Å². The van der Waals surface area contributed by atoms with E-state index >= 15 is 0 Å². The average Bonchev–Trinajstić information content (AvgIpc) is 3.23. The van der Waals surface area contributed by atoms with Crippen molar-refractivity contribution >= 4 is 22.8 Å². The van der Waals surface area contributed by atoms with E-state index < -0.39 is 6.04 Å².